The topological polar surface area (TPSA) is 93.0 Å². The van der Waals surface area contributed by atoms with E-state index < -0.39 is 14.3 Å². The van der Waals surface area contributed by atoms with Crippen molar-refractivity contribution in [3.63, 3.8) is 0 Å². The fraction of sp³-hybridized carbons (Fsp3) is 0.00826. The minimum atomic E-state index is -3.27. The van der Waals surface area contributed by atoms with E-state index in [0.29, 0.717) is 17.1 Å². The lowest BCUT2D eigenvalue weighted by atomic mass is 10.1. The van der Waals surface area contributed by atoms with Gasteiger partial charge in [-0.1, -0.05) is 249 Å². The van der Waals surface area contributed by atoms with Crippen LogP contribution in [0.25, 0.3) is 75.9 Å². The molecule has 135 heavy (non-hydrogen) atoms. The summed E-state index contributed by atoms with van der Waals surface area (Å²) in [6.07, 6.45) is 0. The standard InChI is InChI=1S/C44H31N2O2P.C39H29N2O2P.C38H26N2OS/c47-49(38-24-14-5-15-25-38)42-29-27-36(45(32-16-6-1-7-17-32)33-18-8-2-9-19-33)30-40(42)43-44(49)39-28-26-37(31-41(39)48-43)46(34-20-10-3-11-21-34)35-22-12-4-13-23-35;1-44(42)37-25-23-32(40(28-14-6-2-7-15-28)29-16-8-3-9-17-29)26-35(37)38-39(44)34-24-22-33(27-36(34)43-38)41(30-18-10-4-11-19-30)31-20-12-5-13-21-31;1-5-13-27(14-6-1)39(28-15-7-2-8-16-28)31-22-24-36-34(25-31)37-38(42-36)33-23-21-32(26-35(33)41-37)40(29-17-9-3-10-18-29)30-19-11-4-12-20-30/h1-31H;2-27H,1H3;1-26H. The maximum atomic E-state index is 15.7. The first-order valence-electron chi connectivity index (χ1n) is 45.1. The van der Waals surface area contributed by atoms with Crippen molar-refractivity contribution in [1.29, 1.82) is 0 Å². The van der Waals surface area contributed by atoms with Gasteiger partial charge in [-0.3, -0.25) is 0 Å². The van der Waals surface area contributed by atoms with E-state index in [1.807, 2.05) is 207 Å². The molecule has 2 aliphatic rings. The van der Waals surface area contributed by atoms with Crippen LogP contribution in [0.5, 0.6) is 0 Å². The molecule has 23 aromatic rings. The third-order valence-corrected chi connectivity index (χ3v) is 32.1. The van der Waals surface area contributed by atoms with Gasteiger partial charge in [0, 0.05) is 174 Å². The van der Waals surface area contributed by atoms with Gasteiger partial charge in [0.25, 0.3) is 0 Å². The Hall–Kier alpha value is -16.7. The molecule has 6 heterocycles. The van der Waals surface area contributed by atoms with Crippen LogP contribution in [0.2, 0.25) is 0 Å². The Labute approximate surface area is 786 Å². The second-order valence-corrected chi connectivity index (χ2v) is 39.9. The molecular formula is C121H86N6O5P2S. The van der Waals surface area contributed by atoms with Crippen molar-refractivity contribution in [2.24, 2.45) is 0 Å². The average Bonchev–Trinajstić information content (AvgIpc) is 1.53. The summed E-state index contributed by atoms with van der Waals surface area (Å²) in [5, 5.41) is 8.06. The van der Waals surface area contributed by atoms with Gasteiger partial charge >= 0.3 is 0 Å². The van der Waals surface area contributed by atoms with Crippen molar-refractivity contribution in [2.45, 2.75) is 0 Å². The van der Waals surface area contributed by atoms with Crippen LogP contribution in [0.3, 0.4) is 0 Å². The molecule has 0 saturated carbocycles. The van der Waals surface area contributed by atoms with Crippen LogP contribution in [0.15, 0.2) is 517 Å². The van der Waals surface area contributed by atoms with E-state index in [2.05, 4.69) is 333 Å². The highest BCUT2D eigenvalue weighted by molar-refractivity contribution is 7.86. The zero-order chi connectivity index (χ0) is 90.3. The minimum Gasteiger partial charge on any atom is -0.455 e. The third kappa shape index (κ3) is 15.3. The number of rotatable bonds is 19. The second-order valence-electron chi connectivity index (χ2n) is 33.5. The van der Waals surface area contributed by atoms with Crippen LogP contribution < -0.4 is 55.9 Å². The van der Waals surface area contributed by atoms with Crippen LogP contribution in [0.1, 0.15) is 0 Å². The van der Waals surface area contributed by atoms with Crippen molar-refractivity contribution in [1.82, 2.24) is 0 Å². The van der Waals surface area contributed by atoms with Gasteiger partial charge in [-0.25, -0.2) is 0 Å². The van der Waals surface area contributed by atoms with Gasteiger partial charge in [0.1, 0.15) is 35.4 Å². The number of para-hydroxylation sites is 12. The lowest BCUT2D eigenvalue weighted by Crippen LogP contribution is -2.21. The molecule has 2 unspecified atom stereocenters. The lowest BCUT2D eigenvalue weighted by Gasteiger charge is -2.26. The number of fused-ring (bicyclic) bond motifs is 15. The largest absolute Gasteiger partial charge is 0.455 e. The molecular weight excluding hydrogens is 1710 g/mol. The Bertz CT molecular complexity index is 8080. The molecule has 0 saturated heterocycles. The molecule has 0 aliphatic carbocycles. The summed E-state index contributed by atoms with van der Waals surface area (Å²) in [5.74, 6) is 1.37. The number of hydrogen-bond acceptors (Lipinski definition) is 12. The molecule has 4 aromatic heterocycles. The van der Waals surface area contributed by atoms with Gasteiger partial charge in [0.15, 0.2) is 12.7 Å². The fourth-order valence-corrected chi connectivity index (χ4v) is 25.8. The molecule has 11 nitrogen and oxygen atoms in total. The van der Waals surface area contributed by atoms with Gasteiger partial charge in [0.2, 0.25) is 0 Å². The summed E-state index contributed by atoms with van der Waals surface area (Å²) in [6.45, 7) is 1.87. The number of anilines is 18. The van der Waals surface area contributed by atoms with Crippen LogP contribution in [-0.4, -0.2) is 6.66 Å². The molecule has 0 bridgehead atoms. The number of benzene rings is 19. The highest BCUT2D eigenvalue weighted by atomic mass is 32.1. The Morgan fingerprint density at radius 3 is 0.785 bits per heavy atom. The SMILES string of the molecule is CP1(=O)c2ccc(N(c3ccccc3)c3ccccc3)cc2-c2oc3cc(N(c4ccccc4)c4ccccc4)ccc3c21.O=P1(c2ccccc2)c2ccc(N(c3ccccc3)c3ccccc3)cc2-c2oc3cc(N(c4ccccc4)c4ccccc4)ccc3c21.c1ccc(N(c2ccccc2)c2ccc3c(c2)oc2c4cc(N(c5ccccc5)c5ccccc5)ccc4sc32)cc1. The van der Waals surface area contributed by atoms with Crippen molar-refractivity contribution in [2.75, 3.05) is 36.1 Å². The maximum Gasteiger partial charge on any atom is 0.176 e. The summed E-state index contributed by atoms with van der Waals surface area (Å²) < 4.78 is 52.9. The highest BCUT2D eigenvalue weighted by Gasteiger charge is 2.46. The van der Waals surface area contributed by atoms with E-state index in [0.717, 1.165) is 178 Å². The third-order valence-electron chi connectivity index (χ3n) is 25.2. The molecule has 0 amide bonds. The van der Waals surface area contributed by atoms with E-state index in [4.69, 9.17) is 13.3 Å². The summed E-state index contributed by atoms with van der Waals surface area (Å²) in [7, 11) is -6.17. The van der Waals surface area contributed by atoms with E-state index in [-0.39, 0.29) is 0 Å². The zero-order valence-electron chi connectivity index (χ0n) is 73.4. The number of thiophene rings is 1. The molecule has 0 radical (unpaired) electrons. The first-order chi connectivity index (χ1) is 66.6. The van der Waals surface area contributed by atoms with Gasteiger partial charge in [0.05, 0.1) is 15.3 Å². The van der Waals surface area contributed by atoms with Crippen molar-refractivity contribution < 1.29 is 22.4 Å². The van der Waals surface area contributed by atoms with Crippen LogP contribution in [0.4, 0.5) is 102 Å². The summed E-state index contributed by atoms with van der Waals surface area (Å²) >= 11 is 1.79. The molecule has 0 spiro atoms. The predicted molar refractivity (Wildman–Crippen MR) is 566 cm³/mol. The molecule has 19 aromatic carbocycles. The molecule has 0 N–H and O–H groups in total. The first kappa shape index (κ1) is 82.7. The quantitative estimate of drug-likeness (QED) is 0.0725. The average molecular weight is 1800 g/mol. The van der Waals surface area contributed by atoms with Crippen LogP contribution >= 0.6 is 25.6 Å². The summed E-state index contributed by atoms with van der Waals surface area (Å²) in [4.78, 5) is 13.4. The van der Waals surface area contributed by atoms with E-state index in [1.54, 1.807) is 11.3 Å². The fourth-order valence-electron chi connectivity index (χ4n) is 19.1. The van der Waals surface area contributed by atoms with Gasteiger partial charge in [-0.05, 0) is 243 Å². The number of hydrogen-bond donors (Lipinski definition) is 0. The predicted octanol–water partition coefficient (Wildman–Crippen LogP) is 33.0. The second kappa shape index (κ2) is 35.5. The lowest BCUT2D eigenvalue weighted by molar-refractivity contribution is 0.590. The van der Waals surface area contributed by atoms with E-state index >= 15 is 4.57 Å². The highest BCUT2D eigenvalue weighted by Crippen LogP contribution is 2.59. The van der Waals surface area contributed by atoms with E-state index in [9.17, 15) is 4.57 Å². The zero-order valence-corrected chi connectivity index (χ0v) is 76.1. The molecule has 14 heteroatoms. The summed E-state index contributed by atoms with van der Waals surface area (Å²) in [5.41, 5.74) is 23.8. The van der Waals surface area contributed by atoms with Crippen molar-refractivity contribution >= 4 is 208 Å². The van der Waals surface area contributed by atoms with E-state index in [1.165, 1.54) is 9.40 Å². The van der Waals surface area contributed by atoms with Gasteiger partial charge in [-0.15, -0.1) is 11.3 Å². The number of furan rings is 3. The molecule has 646 valence electrons. The minimum absolute atomic E-state index is 0.670. The van der Waals surface area contributed by atoms with Crippen molar-refractivity contribution in [3.8, 4) is 22.6 Å². The Kier molecular flexibility index (Phi) is 21.8. The van der Waals surface area contributed by atoms with Crippen LogP contribution in [-0.2, 0) is 9.13 Å². The Morgan fingerprint density at radius 2 is 0.459 bits per heavy atom. The monoisotopic (exact) mass is 1800 g/mol. The molecule has 0 fully saturated rings. The number of nitrogens with zero attached hydrogens (tertiary/aromatic N) is 6. The molecule has 2 atom stereocenters. The molecule has 25 rings (SSSR count). The Balaban J connectivity index is 0.000000114. The van der Waals surface area contributed by atoms with Crippen molar-refractivity contribution in [3.05, 3.63) is 504 Å². The summed E-state index contributed by atoms with van der Waals surface area (Å²) in [6, 6.07) is 173. The first-order valence-corrected chi connectivity index (χ1v) is 49.8. The van der Waals surface area contributed by atoms with Gasteiger partial charge < -0.3 is 51.8 Å². The molecule has 2 aliphatic heterocycles. The van der Waals surface area contributed by atoms with Gasteiger partial charge in [-0.2, -0.15) is 0 Å². The maximum absolute atomic E-state index is 15.7. The van der Waals surface area contributed by atoms with Crippen LogP contribution in [0, 0.1) is 0 Å². The Morgan fingerprint density at radius 1 is 0.215 bits per heavy atom. The smallest absolute Gasteiger partial charge is 0.176 e. The normalized spacial score (nSPS) is 13.8.